The van der Waals surface area contributed by atoms with Gasteiger partial charge in [0.25, 0.3) is 0 Å². The van der Waals surface area contributed by atoms with Gasteiger partial charge in [-0.1, -0.05) is 82.6 Å². The van der Waals surface area contributed by atoms with E-state index in [9.17, 15) is 24.3 Å². The van der Waals surface area contributed by atoms with Crippen LogP contribution in [0.2, 0.25) is 5.02 Å². The van der Waals surface area contributed by atoms with Gasteiger partial charge in [-0.15, -0.1) is 0 Å². The van der Waals surface area contributed by atoms with Gasteiger partial charge in [-0.3, -0.25) is 14.4 Å². The Labute approximate surface area is 307 Å². The summed E-state index contributed by atoms with van der Waals surface area (Å²) in [6, 6.07) is 10.5. The molecule has 0 spiro atoms. The highest BCUT2D eigenvalue weighted by Crippen LogP contribution is 2.33. The average Bonchev–Trinajstić information content (AvgIpc) is 3.07. The normalized spacial score (nSPS) is 23.2. The van der Waals surface area contributed by atoms with Gasteiger partial charge in [0.15, 0.2) is 0 Å². The number of aliphatic hydroxyl groups excluding tert-OH is 1. The first-order valence-electron chi connectivity index (χ1n) is 17.4. The second-order valence-electron chi connectivity index (χ2n) is 15.3. The van der Waals surface area contributed by atoms with Gasteiger partial charge >= 0.3 is 5.97 Å². The Hall–Kier alpha value is -3.93. The summed E-state index contributed by atoms with van der Waals surface area (Å²) in [5.41, 5.74) is 6.58. The molecule has 1 heterocycles. The third-order valence-corrected chi connectivity index (χ3v) is 9.69. The van der Waals surface area contributed by atoms with Crippen molar-refractivity contribution in [1.82, 2.24) is 16.0 Å². The quantitative estimate of drug-likeness (QED) is 0.230. The number of halogens is 1. The molecule has 0 saturated carbocycles. The minimum absolute atomic E-state index is 0.0676. The van der Waals surface area contributed by atoms with Crippen LogP contribution in [-0.4, -0.2) is 60.6 Å². The second kappa shape index (κ2) is 18.0. The number of rotatable bonds is 9. The number of amides is 3. The molecule has 0 aliphatic carbocycles. The Morgan fingerprint density at radius 2 is 1.67 bits per heavy atom. The molecule has 51 heavy (non-hydrogen) atoms. The van der Waals surface area contributed by atoms with E-state index in [4.69, 9.17) is 26.8 Å². The van der Waals surface area contributed by atoms with Crippen LogP contribution in [0.4, 0.5) is 0 Å². The Kier molecular flexibility index (Phi) is 14.7. The maximum absolute atomic E-state index is 13.9. The summed E-state index contributed by atoms with van der Waals surface area (Å²) >= 11 is 6.34. The van der Waals surface area contributed by atoms with Gasteiger partial charge in [0.1, 0.15) is 23.9 Å². The highest BCUT2D eigenvalue weighted by atomic mass is 35.5. The number of benzene rings is 2. The lowest BCUT2D eigenvalue weighted by Crippen LogP contribution is -2.54. The van der Waals surface area contributed by atoms with Gasteiger partial charge in [-0.05, 0) is 72.4 Å². The molecular weight excluding hydrogens is 672 g/mol. The fourth-order valence-electron chi connectivity index (χ4n) is 5.86. The maximum Gasteiger partial charge on any atom is 0.328 e. The fourth-order valence-corrected chi connectivity index (χ4v) is 6.14. The standard InChI is InChI=1S/C39H55ClN4O7/c1-23(24(2)34(46)27-15-12-25(21-41)13-16-27)31-10-9-11-33(45)43-29(19-26-14-17-32(50-8)28(40)18-26)35(47)42-22-39(6,7)37(49)44-30(36(48)51-31)20-38(3,4)5/h9,11-18,23-24,29-31,34,46H,10,19-22,41H2,1-8H3,(H,42,47)(H,43,45)(H,44,49)/b11-9+/t23-,24-,29-,30+,31+,34+/m1/s1. The zero-order valence-electron chi connectivity index (χ0n) is 31.0. The summed E-state index contributed by atoms with van der Waals surface area (Å²) in [6.45, 7) is 13.3. The molecule has 3 amide bonds. The molecule has 12 heteroatoms. The lowest BCUT2D eigenvalue weighted by atomic mass is 9.82. The van der Waals surface area contributed by atoms with Crippen LogP contribution in [0.3, 0.4) is 0 Å². The molecule has 280 valence electrons. The van der Waals surface area contributed by atoms with Crippen LogP contribution < -0.4 is 26.4 Å². The van der Waals surface area contributed by atoms with Crippen LogP contribution >= 0.6 is 11.6 Å². The lowest BCUT2D eigenvalue weighted by molar-refractivity contribution is -0.158. The molecule has 2 aromatic rings. The van der Waals surface area contributed by atoms with Crippen LogP contribution in [0.15, 0.2) is 54.6 Å². The van der Waals surface area contributed by atoms with Crippen molar-refractivity contribution in [1.29, 1.82) is 0 Å². The molecule has 6 N–H and O–H groups in total. The number of hydrogen-bond acceptors (Lipinski definition) is 8. The number of hydrogen-bond donors (Lipinski definition) is 5. The molecular formula is C39H55ClN4O7. The summed E-state index contributed by atoms with van der Waals surface area (Å²) in [6.07, 6.45) is 1.79. The molecule has 0 fully saturated rings. The van der Waals surface area contributed by atoms with Crippen molar-refractivity contribution >= 4 is 35.3 Å². The van der Waals surface area contributed by atoms with Crippen molar-refractivity contribution < 1.29 is 33.8 Å². The topological polar surface area (TPSA) is 169 Å². The van der Waals surface area contributed by atoms with Gasteiger partial charge in [0.2, 0.25) is 17.7 Å². The van der Waals surface area contributed by atoms with Gasteiger partial charge < -0.3 is 36.3 Å². The number of nitrogens with one attached hydrogen (secondary N) is 3. The zero-order valence-corrected chi connectivity index (χ0v) is 31.8. The SMILES string of the molecule is COc1ccc(C[C@H]2NC(=O)/C=C/C[C@@H]([C@H](C)[C@@H](C)[C@H](O)c3ccc(CN)cc3)OC(=O)[C@H](CC(C)(C)C)NC(=O)C(C)(C)CNC2=O)cc1Cl. The molecule has 1 aliphatic rings. The Balaban J connectivity index is 1.98. The molecule has 3 rings (SSSR count). The van der Waals surface area contributed by atoms with Crippen LogP contribution in [0.5, 0.6) is 5.75 Å². The number of methoxy groups -OCH3 is 1. The van der Waals surface area contributed by atoms with E-state index in [1.165, 1.54) is 13.2 Å². The summed E-state index contributed by atoms with van der Waals surface area (Å²) in [5.74, 6) is -2.37. The molecule has 0 unspecified atom stereocenters. The average molecular weight is 727 g/mol. The van der Waals surface area contributed by atoms with Crippen molar-refractivity contribution in [3.63, 3.8) is 0 Å². The van der Waals surface area contributed by atoms with E-state index in [1.807, 2.05) is 58.9 Å². The molecule has 0 aromatic heterocycles. The van der Waals surface area contributed by atoms with E-state index < -0.39 is 53.4 Å². The molecule has 11 nitrogen and oxygen atoms in total. The number of nitrogens with two attached hydrogens (primary N) is 1. The van der Waals surface area contributed by atoms with Gasteiger partial charge in [-0.2, -0.15) is 0 Å². The number of aliphatic hydroxyl groups is 1. The first kappa shape index (κ1) is 41.5. The first-order chi connectivity index (χ1) is 23.8. The highest BCUT2D eigenvalue weighted by Gasteiger charge is 2.37. The zero-order chi connectivity index (χ0) is 38.1. The van der Waals surface area contributed by atoms with E-state index in [1.54, 1.807) is 38.1 Å². The number of esters is 1. The monoisotopic (exact) mass is 726 g/mol. The number of carbonyl (C=O) groups is 4. The molecule has 1 aliphatic heterocycles. The van der Waals surface area contributed by atoms with Gasteiger partial charge in [-0.25, -0.2) is 4.79 Å². The van der Waals surface area contributed by atoms with E-state index in [0.717, 1.165) is 5.56 Å². The smallest absolute Gasteiger partial charge is 0.328 e. The van der Waals surface area contributed by atoms with E-state index in [2.05, 4.69) is 16.0 Å². The van der Waals surface area contributed by atoms with Crippen LogP contribution in [0.25, 0.3) is 0 Å². The predicted octanol–water partition coefficient (Wildman–Crippen LogP) is 4.78. The van der Waals surface area contributed by atoms with E-state index >= 15 is 0 Å². The van der Waals surface area contributed by atoms with Gasteiger partial charge in [0, 0.05) is 25.9 Å². The largest absolute Gasteiger partial charge is 0.495 e. The third kappa shape index (κ3) is 12.1. The van der Waals surface area contributed by atoms with E-state index in [0.29, 0.717) is 28.4 Å². The summed E-state index contributed by atoms with van der Waals surface area (Å²) < 4.78 is 11.4. The predicted molar refractivity (Wildman–Crippen MR) is 198 cm³/mol. The molecule has 0 saturated heterocycles. The fraction of sp³-hybridized carbons (Fsp3) is 0.538. The van der Waals surface area contributed by atoms with Crippen LogP contribution in [0.1, 0.15) is 84.1 Å². The molecule has 0 radical (unpaired) electrons. The molecule has 6 atom stereocenters. The van der Waals surface area contributed by atoms with E-state index in [-0.39, 0.29) is 43.1 Å². The number of carbonyl (C=O) groups excluding carboxylic acids is 4. The Bertz CT molecular complexity index is 1550. The summed E-state index contributed by atoms with van der Waals surface area (Å²) in [7, 11) is 1.50. The Morgan fingerprint density at radius 3 is 2.25 bits per heavy atom. The van der Waals surface area contributed by atoms with Crippen LogP contribution in [0, 0.1) is 22.7 Å². The lowest BCUT2D eigenvalue weighted by Gasteiger charge is -2.34. The number of ether oxygens (including phenoxy) is 2. The number of cyclic esters (lactones) is 1. The van der Waals surface area contributed by atoms with Crippen molar-refractivity contribution in [2.45, 2.75) is 98.6 Å². The second-order valence-corrected chi connectivity index (χ2v) is 15.8. The van der Waals surface area contributed by atoms with Crippen LogP contribution in [-0.2, 0) is 36.9 Å². The van der Waals surface area contributed by atoms with Crippen molar-refractivity contribution in [3.05, 3.63) is 76.3 Å². The minimum atomic E-state index is -1.13. The first-order valence-corrected chi connectivity index (χ1v) is 17.8. The van der Waals surface area contributed by atoms with Crippen molar-refractivity contribution in [2.75, 3.05) is 13.7 Å². The molecule has 2 aromatic carbocycles. The molecule has 0 bridgehead atoms. The minimum Gasteiger partial charge on any atom is -0.495 e. The maximum atomic E-state index is 13.9. The summed E-state index contributed by atoms with van der Waals surface area (Å²) in [4.78, 5) is 54.4. The summed E-state index contributed by atoms with van der Waals surface area (Å²) in [5, 5.41) is 20.2. The van der Waals surface area contributed by atoms with Crippen molar-refractivity contribution in [2.24, 2.45) is 28.4 Å². The highest BCUT2D eigenvalue weighted by molar-refractivity contribution is 6.32. The van der Waals surface area contributed by atoms with Gasteiger partial charge in [0.05, 0.1) is 23.7 Å². The van der Waals surface area contributed by atoms with Crippen molar-refractivity contribution in [3.8, 4) is 5.75 Å². The third-order valence-electron chi connectivity index (χ3n) is 9.39. The Morgan fingerprint density at radius 1 is 1.02 bits per heavy atom.